The highest BCUT2D eigenvalue weighted by atomic mass is 19.3. The average molecular weight is 447 g/mol. The van der Waals surface area contributed by atoms with Crippen LogP contribution in [0.5, 0.6) is 11.5 Å². The van der Waals surface area contributed by atoms with Gasteiger partial charge in [-0.05, 0) is 35.9 Å². The molecule has 0 aliphatic carbocycles. The molecule has 3 aromatic rings. The van der Waals surface area contributed by atoms with E-state index in [0.717, 1.165) is 0 Å². The fourth-order valence-corrected chi connectivity index (χ4v) is 2.71. The molecule has 10 heteroatoms. The van der Waals surface area contributed by atoms with Crippen LogP contribution < -0.4 is 15.1 Å². The van der Waals surface area contributed by atoms with Crippen LogP contribution >= 0.6 is 0 Å². The number of alkyl halides is 2. The number of fused-ring (bicyclic) bond motifs is 1. The van der Waals surface area contributed by atoms with Crippen LogP contribution in [-0.4, -0.2) is 43.6 Å². The summed E-state index contributed by atoms with van der Waals surface area (Å²) in [6.07, 6.45) is 0. The molecule has 0 unspecified atom stereocenters. The fourth-order valence-electron chi connectivity index (χ4n) is 2.71. The molecule has 0 N–H and O–H groups in total. The van der Waals surface area contributed by atoms with Gasteiger partial charge in [0.1, 0.15) is 17.1 Å². The minimum Gasteiger partial charge on any atom is -0.482 e. The predicted octanol–water partition coefficient (Wildman–Crippen LogP) is 2.98. The maximum absolute atomic E-state index is 12.2. The Kier molecular flexibility index (Phi) is 7.37. The van der Waals surface area contributed by atoms with E-state index in [1.165, 1.54) is 36.2 Å². The van der Waals surface area contributed by atoms with Crippen molar-refractivity contribution < 1.29 is 37.0 Å². The van der Waals surface area contributed by atoms with Gasteiger partial charge in [0.15, 0.2) is 13.2 Å². The van der Waals surface area contributed by atoms with Crippen LogP contribution in [0.25, 0.3) is 11.0 Å². The molecule has 0 bridgehead atoms. The quantitative estimate of drug-likeness (QED) is 0.368. The molecule has 0 saturated heterocycles. The Balaban J connectivity index is 1.43. The molecule has 168 valence electrons. The van der Waals surface area contributed by atoms with Crippen molar-refractivity contribution in [2.24, 2.45) is 0 Å². The zero-order chi connectivity index (χ0) is 23.1. The highest BCUT2D eigenvalue weighted by Crippen LogP contribution is 2.19. The first kappa shape index (κ1) is 22.7. The van der Waals surface area contributed by atoms with Gasteiger partial charge < -0.3 is 23.5 Å². The number of esters is 1. The molecule has 0 saturated carbocycles. The number of carbonyl (C=O) groups is 2. The first-order valence-corrected chi connectivity index (χ1v) is 9.40. The van der Waals surface area contributed by atoms with Crippen LogP contribution in [0.2, 0.25) is 0 Å². The molecule has 0 atom stereocenters. The zero-order valence-corrected chi connectivity index (χ0v) is 17.0. The molecular weight excluding hydrogens is 428 g/mol. The number of nitrogens with zero attached hydrogens (tertiary/aromatic N) is 1. The van der Waals surface area contributed by atoms with Crippen LogP contribution in [0.3, 0.4) is 0 Å². The summed E-state index contributed by atoms with van der Waals surface area (Å²) in [6, 6.07) is 13.5. The minimum absolute atomic E-state index is 0.0141. The molecule has 0 fully saturated rings. The largest absolute Gasteiger partial charge is 0.482 e. The standard InChI is InChI=1S/C22H19F2NO7/c1-25(11-14-2-6-16(7-3-14)31-22(23)24)19(26)12-30-21(28)13-29-17-8-4-15-5-9-20(27)32-18(15)10-17/h2-10,22H,11-13H2,1H3. The lowest BCUT2D eigenvalue weighted by atomic mass is 10.2. The number of carbonyl (C=O) groups excluding carboxylic acids is 2. The van der Waals surface area contributed by atoms with Gasteiger partial charge in [0.05, 0.1) is 0 Å². The maximum atomic E-state index is 12.2. The first-order valence-electron chi connectivity index (χ1n) is 9.40. The van der Waals surface area contributed by atoms with Crippen LogP contribution in [0, 0.1) is 0 Å². The molecule has 8 nitrogen and oxygen atoms in total. The van der Waals surface area contributed by atoms with E-state index in [2.05, 4.69) is 4.74 Å². The van der Waals surface area contributed by atoms with E-state index in [1.807, 2.05) is 0 Å². The van der Waals surface area contributed by atoms with E-state index < -0.39 is 37.3 Å². The highest BCUT2D eigenvalue weighted by molar-refractivity contribution is 5.81. The van der Waals surface area contributed by atoms with Crippen molar-refractivity contribution in [3.63, 3.8) is 0 Å². The summed E-state index contributed by atoms with van der Waals surface area (Å²) in [5.41, 5.74) is 0.489. The number of rotatable bonds is 9. The predicted molar refractivity (Wildman–Crippen MR) is 108 cm³/mol. The lowest BCUT2D eigenvalue weighted by Crippen LogP contribution is -2.31. The summed E-state index contributed by atoms with van der Waals surface area (Å²) in [4.78, 5) is 36.6. The van der Waals surface area contributed by atoms with Gasteiger partial charge >= 0.3 is 18.2 Å². The second kappa shape index (κ2) is 10.4. The Morgan fingerprint density at radius 3 is 2.41 bits per heavy atom. The minimum atomic E-state index is -2.91. The summed E-state index contributed by atoms with van der Waals surface area (Å²) in [5, 5.41) is 0.698. The molecule has 2 aromatic carbocycles. The number of benzene rings is 2. The van der Waals surface area contributed by atoms with E-state index in [1.54, 1.807) is 30.3 Å². The molecule has 32 heavy (non-hydrogen) atoms. The van der Waals surface area contributed by atoms with E-state index in [4.69, 9.17) is 13.9 Å². The molecule has 1 aromatic heterocycles. The number of likely N-dealkylation sites (N-methyl/N-ethyl adjacent to an activating group) is 1. The molecule has 1 heterocycles. The number of ether oxygens (including phenoxy) is 3. The molecular formula is C22H19F2NO7. The van der Waals surface area contributed by atoms with E-state index >= 15 is 0 Å². The van der Waals surface area contributed by atoms with Gasteiger partial charge in [-0.2, -0.15) is 8.78 Å². The highest BCUT2D eigenvalue weighted by Gasteiger charge is 2.14. The smallest absolute Gasteiger partial charge is 0.387 e. The SMILES string of the molecule is CN(Cc1ccc(OC(F)F)cc1)C(=O)COC(=O)COc1ccc2ccc(=O)oc2c1. The van der Waals surface area contributed by atoms with Gasteiger partial charge in [0.2, 0.25) is 0 Å². The van der Waals surface area contributed by atoms with E-state index in [0.29, 0.717) is 22.3 Å². The van der Waals surface area contributed by atoms with Gasteiger partial charge in [0, 0.05) is 31.1 Å². The zero-order valence-electron chi connectivity index (χ0n) is 17.0. The topological polar surface area (TPSA) is 95.3 Å². The van der Waals surface area contributed by atoms with Crippen LogP contribution in [-0.2, 0) is 20.9 Å². The lowest BCUT2D eigenvalue weighted by molar-refractivity contribution is -0.153. The number of hydrogen-bond acceptors (Lipinski definition) is 7. The van der Waals surface area contributed by atoms with Crippen molar-refractivity contribution in [2.75, 3.05) is 20.3 Å². The third-order valence-electron chi connectivity index (χ3n) is 4.30. The third kappa shape index (κ3) is 6.53. The van der Waals surface area contributed by atoms with Gasteiger partial charge in [0.25, 0.3) is 5.91 Å². The molecule has 0 radical (unpaired) electrons. The molecule has 3 rings (SSSR count). The Morgan fingerprint density at radius 1 is 1.00 bits per heavy atom. The summed E-state index contributed by atoms with van der Waals surface area (Å²) in [6.45, 7) is -3.65. The van der Waals surface area contributed by atoms with E-state index in [-0.39, 0.29) is 12.3 Å². The van der Waals surface area contributed by atoms with Crippen molar-refractivity contribution >= 4 is 22.8 Å². The second-order valence-electron chi connectivity index (χ2n) is 6.68. The Morgan fingerprint density at radius 2 is 1.69 bits per heavy atom. The molecule has 0 aliphatic rings. The van der Waals surface area contributed by atoms with Crippen molar-refractivity contribution in [3.05, 3.63) is 70.6 Å². The Bertz CT molecular complexity index is 1140. The van der Waals surface area contributed by atoms with Crippen molar-refractivity contribution in [3.8, 4) is 11.5 Å². The summed E-state index contributed by atoms with van der Waals surface area (Å²) in [7, 11) is 1.51. The van der Waals surface area contributed by atoms with E-state index in [9.17, 15) is 23.2 Å². The molecule has 0 spiro atoms. The number of amides is 1. The molecule has 0 aliphatic heterocycles. The third-order valence-corrected chi connectivity index (χ3v) is 4.30. The fraction of sp³-hybridized carbons (Fsp3) is 0.227. The van der Waals surface area contributed by atoms with Gasteiger partial charge in [-0.15, -0.1) is 0 Å². The number of hydrogen-bond donors (Lipinski definition) is 0. The molecule has 1 amide bonds. The summed E-state index contributed by atoms with van der Waals surface area (Å²) >= 11 is 0. The summed E-state index contributed by atoms with van der Waals surface area (Å²) in [5.74, 6) is -0.902. The van der Waals surface area contributed by atoms with Crippen molar-refractivity contribution in [2.45, 2.75) is 13.2 Å². The average Bonchev–Trinajstić information content (AvgIpc) is 2.76. The number of halogens is 2. The van der Waals surface area contributed by atoms with Gasteiger partial charge in [-0.25, -0.2) is 9.59 Å². The van der Waals surface area contributed by atoms with Gasteiger partial charge in [-0.3, -0.25) is 4.79 Å². The van der Waals surface area contributed by atoms with Crippen molar-refractivity contribution in [1.82, 2.24) is 4.90 Å². The van der Waals surface area contributed by atoms with Gasteiger partial charge in [-0.1, -0.05) is 12.1 Å². The monoisotopic (exact) mass is 447 g/mol. The van der Waals surface area contributed by atoms with Crippen LogP contribution in [0.4, 0.5) is 8.78 Å². The normalized spacial score (nSPS) is 10.8. The Hall–Kier alpha value is -3.95. The first-order chi connectivity index (χ1) is 15.3. The van der Waals surface area contributed by atoms with Crippen molar-refractivity contribution in [1.29, 1.82) is 0 Å². The lowest BCUT2D eigenvalue weighted by Gasteiger charge is -2.17. The second-order valence-corrected chi connectivity index (χ2v) is 6.68. The maximum Gasteiger partial charge on any atom is 0.387 e. The van der Waals surface area contributed by atoms with Crippen LogP contribution in [0.1, 0.15) is 5.56 Å². The summed E-state index contributed by atoms with van der Waals surface area (Å²) < 4.78 is 43.9. The Labute approximate surface area is 180 Å². The van der Waals surface area contributed by atoms with Crippen LogP contribution in [0.15, 0.2) is 63.8 Å².